The van der Waals surface area contributed by atoms with E-state index < -0.39 is 0 Å². The molecule has 2 aliphatic heterocycles. The lowest BCUT2D eigenvalue weighted by molar-refractivity contribution is -0.146. The molecule has 1 atom stereocenters. The second-order valence-electron chi connectivity index (χ2n) is 6.23. The van der Waals surface area contributed by atoms with Crippen LogP contribution in [0.1, 0.15) is 25.3 Å². The van der Waals surface area contributed by atoms with Gasteiger partial charge >= 0.3 is 0 Å². The van der Waals surface area contributed by atoms with Crippen LogP contribution < -0.4 is 0 Å². The molecule has 1 unspecified atom stereocenters. The van der Waals surface area contributed by atoms with Crippen LogP contribution in [0, 0.1) is 0 Å². The molecule has 2 fully saturated rings. The van der Waals surface area contributed by atoms with Crippen LogP contribution in [-0.4, -0.2) is 63.9 Å². The maximum absolute atomic E-state index is 12.9. The maximum Gasteiger partial charge on any atom is 0.242 e. The summed E-state index contributed by atoms with van der Waals surface area (Å²) in [6, 6.07) is 0. The van der Waals surface area contributed by atoms with E-state index in [0.29, 0.717) is 13.2 Å². The zero-order chi connectivity index (χ0) is 14.9. The van der Waals surface area contributed by atoms with E-state index >= 15 is 0 Å². The molecule has 2 saturated heterocycles. The summed E-state index contributed by atoms with van der Waals surface area (Å²) in [4.78, 5) is 17.2. The van der Waals surface area contributed by atoms with Crippen molar-refractivity contribution in [1.29, 1.82) is 0 Å². The van der Waals surface area contributed by atoms with Gasteiger partial charge in [-0.25, -0.2) is 0 Å². The highest BCUT2D eigenvalue weighted by molar-refractivity contribution is 5.86. The minimum atomic E-state index is -0.382. The molecule has 3 rings (SSSR count). The summed E-state index contributed by atoms with van der Waals surface area (Å²) in [5.41, 5.74) is 0.785. The number of amides is 1. The number of morpholine rings is 1. The van der Waals surface area contributed by atoms with E-state index in [4.69, 9.17) is 4.74 Å². The third-order valence-corrected chi connectivity index (χ3v) is 4.68. The molecule has 3 heterocycles. The molecule has 0 saturated carbocycles. The van der Waals surface area contributed by atoms with E-state index in [1.54, 1.807) is 0 Å². The summed E-state index contributed by atoms with van der Waals surface area (Å²) in [6.45, 7) is 6.61. The molecule has 1 aromatic heterocycles. The Morgan fingerprint density at radius 3 is 2.81 bits per heavy atom. The fourth-order valence-electron chi connectivity index (χ4n) is 3.40. The third kappa shape index (κ3) is 2.82. The lowest BCUT2D eigenvalue weighted by atomic mass is 9.96. The number of hydrogen-bond acceptors (Lipinski definition) is 4. The highest BCUT2D eigenvalue weighted by Crippen LogP contribution is 2.32. The number of likely N-dealkylation sites (tertiary alicyclic amines) is 1. The summed E-state index contributed by atoms with van der Waals surface area (Å²) in [5.74, 6) is 0.257. The number of ether oxygens (including phenoxy) is 1. The Labute approximate surface area is 125 Å². The van der Waals surface area contributed by atoms with Gasteiger partial charge in [-0.05, 0) is 26.3 Å². The zero-order valence-electron chi connectivity index (χ0n) is 12.9. The number of carbonyl (C=O) groups is 1. The number of aryl methyl sites for hydroxylation is 1. The molecule has 0 radical (unpaired) electrons. The molecule has 21 heavy (non-hydrogen) atoms. The fourth-order valence-corrected chi connectivity index (χ4v) is 3.40. The highest BCUT2D eigenvalue weighted by Gasteiger charge is 2.45. The van der Waals surface area contributed by atoms with Crippen molar-refractivity contribution in [1.82, 2.24) is 19.6 Å². The first-order valence-electron chi connectivity index (χ1n) is 7.69. The third-order valence-electron chi connectivity index (χ3n) is 4.68. The van der Waals surface area contributed by atoms with Crippen LogP contribution in [0.4, 0.5) is 0 Å². The average molecular weight is 292 g/mol. The van der Waals surface area contributed by atoms with Crippen LogP contribution in [0.2, 0.25) is 0 Å². The van der Waals surface area contributed by atoms with Gasteiger partial charge in [0.15, 0.2) is 0 Å². The monoisotopic (exact) mass is 292 g/mol. The average Bonchev–Trinajstić information content (AvgIpc) is 3.07. The summed E-state index contributed by atoms with van der Waals surface area (Å²) >= 11 is 0. The van der Waals surface area contributed by atoms with E-state index in [0.717, 1.165) is 39.0 Å². The Kier molecular flexibility index (Phi) is 3.99. The van der Waals surface area contributed by atoms with Crippen molar-refractivity contribution in [2.75, 3.05) is 32.8 Å². The Hall–Kier alpha value is -1.40. The predicted octanol–water partition coefficient (Wildman–Crippen LogP) is 0.633. The molecule has 1 aromatic rings. The van der Waals surface area contributed by atoms with Crippen LogP contribution in [0.5, 0.6) is 0 Å². The quantitative estimate of drug-likeness (QED) is 0.820. The lowest BCUT2D eigenvalue weighted by Crippen LogP contribution is -2.56. The molecule has 116 valence electrons. The summed E-state index contributed by atoms with van der Waals surface area (Å²) < 4.78 is 7.16. The molecular weight excluding hydrogens is 268 g/mol. The maximum atomic E-state index is 12.9. The minimum absolute atomic E-state index is 0.257. The summed E-state index contributed by atoms with van der Waals surface area (Å²) in [7, 11) is 1.92. The second kappa shape index (κ2) is 5.77. The van der Waals surface area contributed by atoms with Gasteiger partial charge in [-0.2, -0.15) is 5.10 Å². The lowest BCUT2D eigenvalue weighted by Gasteiger charge is -2.39. The molecule has 0 bridgehead atoms. The van der Waals surface area contributed by atoms with Crippen molar-refractivity contribution in [3.05, 3.63) is 18.0 Å². The molecule has 2 aliphatic rings. The van der Waals surface area contributed by atoms with Gasteiger partial charge in [-0.3, -0.25) is 14.4 Å². The van der Waals surface area contributed by atoms with Crippen molar-refractivity contribution < 1.29 is 9.53 Å². The van der Waals surface area contributed by atoms with Gasteiger partial charge < -0.3 is 9.64 Å². The smallest absolute Gasteiger partial charge is 0.242 e. The number of nitrogens with zero attached hydrogens (tertiary/aromatic N) is 4. The van der Waals surface area contributed by atoms with Crippen molar-refractivity contribution in [3.8, 4) is 0 Å². The van der Waals surface area contributed by atoms with E-state index in [1.807, 2.05) is 29.0 Å². The Morgan fingerprint density at radius 2 is 2.14 bits per heavy atom. The normalized spacial score (nSPS) is 27.2. The number of carbonyl (C=O) groups excluding carboxylic acids is 1. The number of aromatic nitrogens is 2. The first-order chi connectivity index (χ1) is 10.1. The van der Waals surface area contributed by atoms with E-state index in [9.17, 15) is 4.79 Å². The van der Waals surface area contributed by atoms with E-state index in [2.05, 4.69) is 16.9 Å². The van der Waals surface area contributed by atoms with Crippen LogP contribution in [0.3, 0.4) is 0 Å². The molecule has 0 aromatic carbocycles. The Bertz CT molecular complexity index is 510. The molecular formula is C15H24N4O2. The van der Waals surface area contributed by atoms with E-state index in [1.165, 1.54) is 5.56 Å². The van der Waals surface area contributed by atoms with E-state index in [-0.39, 0.29) is 11.4 Å². The van der Waals surface area contributed by atoms with Crippen molar-refractivity contribution in [2.24, 2.45) is 7.05 Å². The molecule has 1 amide bonds. The Balaban J connectivity index is 1.72. The predicted molar refractivity (Wildman–Crippen MR) is 78.7 cm³/mol. The zero-order valence-corrected chi connectivity index (χ0v) is 12.9. The first-order valence-corrected chi connectivity index (χ1v) is 7.69. The van der Waals surface area contributed by atoms with Gasteiger partial charge in [-0.1, -0.05) is 0 Å². The number of hydrogen-bond donors (Lipinski definition) is 0. The van der Waals surface area contributed by atoms with Crippen LogP contribution in [0.15, 0.2) is 12.4 Å². The molecule has 0 aliphatic carbocycles. The summed E-state index contributed by atoms with van der Waals surface area (Å²) in [5, 5.41) is 4.22. The van der Waals surface area contributed by atoms with Crippen LogP contribution in [-0.2, 0) is 23.1 Å². The fraction of sp³-hybridized carbons (Fsp3) is 0.733. The molecule has 6 heteroatoms. The van der Waals surface area contributed by atoms with Gasteiger partial charge in [0.1, 0.15) is 0 Å². The molecule has 0 N–H and O–H groups in total. The highest BCUT2D eigenvalue weighted by atomic mass is 16.5. The molecule has 6 nitrogen and oxygen atoms in total. The molecule has 0 spiro atoms. The van der Waals surface area contributed by atoms with Gasteiger partial charge in [0.05, 0.1) is 24.9 Å². The van der Waals surface area contributed by atoms with Crippen LogP contribution in [0.25, 0.3) is 0 Å². The standard InChI is InChI=1S/C15H24N4O2/c1-15(14(20)18-6-8-21-9-7-18)4-3-5-19(15)12-13-10-16-17(2)11-13/h10-11H,3-9,12H2,1-2H3. The second-order valence-corrected chi connectivity index (χ2v) is 6.23. The van der Waals surface area contributed by atoms with Crippen molar-refractivity contribution >= 4 is 5.91 Å². The Morgan fingerprint density at radius 1 is 1.38 bits per heavy atom. The topological polar surface area (TPSA) is 50.6 Å². The summed E-state index contributed by atoms with van der Waals surface area (Å²) in [6.07, 6.45) is 5.92. The van der Waals surface area contributed by atoms with Gasteiger partial charge in [0.2, 0.25) is 5.91 Å². The van der Waals surface area contributed by atoms with Gasteiger partial charge in [-0.15, -0.1) is 0 Å². The van der Waals surface area contributed by atoms with Crippen molar-refractivity contribution in [3.63, 3.8) is 0 Å². The minimum Gasteiger partial charge on any atom is -0.378 e. The first kappa shape index (κ1) is 14.5. The van der Waals surface area contributed by atoms with Crippen LogP contribution >= 0.6 is 0 Å². The number of rotatable bonds is 3. The largest absolute Gasteiger partial charge is 0.378 e. The van der Waals surface area contributed by atoms with Gasteiger partial charge in [0.25, 0.3) is 0 Å². The van der Waals surface area contributed by atoms with Crippen molar-refractivity contribution in [2.45, 2.75) is 31.8 Å². The SMILES string of the molecule is Cn1cc(CN2CCCC2(C)C(=O)N2CCOCC2)cn1. The van der Waals surface area contributed by atoms with Gasteiger partial charge in [0, 0.05) is 38.4 Å².